The highest BCUT2D eigenvalue weighted by Crippen LogP contribution is 2.27. The van der Waals surface area contributed by atoms with Crippen LogP contribution in [0.3, 0.4) is 0 Å². The molecular weight excluding hydrogens is 338 g/mol. The van der Waals surface area contributed by atoms with E-state index in [1.807, 2.05) is 39.0 Å². The van der Waals surface area contributed by atoms with Crippen LogP contribution in [-0.4, -0.2) is 19.6 Å². The van der Waals surface area contributed by atoms with Gasteiger partial charge in [0.15, 0.2) is 0 Å². The van der Waals surface area contributed by atoms with Crippen LogP contribution in [0.15, 0.2) is 36.4 Å². The third-order valence-electron chi connectivity index (χ3n) is 4.03. The fourth-order valence-electron chi connectivity index (χ4n) is 2.70. The van der Waals surface area contributed by atoms with Crippen molar-refractivity contribution in [2.75, 3.05) is 13.7 Å². The number of nitrogens with one attached hydrogen (secondary N) is 1. The Kier molecular flexibility index (Phi) is 6.71. The van der Waals surface area contributed by atoms with Crippen molar-refractivity contribution in [2.45, 2.75) is 33.2 Å². The van der Waals surface area contributed by atoms with Crippen molar-refractivity contribution in [1.29, 1.82) is 0 Å². The van der Waals surface area contributed by atoms with E-state index < -0.39 is 0 Å². The summed E-state index contributed by atoms with van der Waals surface area (Å²) in [6.07, 6.45) is 0.780. The number of methoxy groups -OCH3 is 1. The lowest BCUT2D eigenvalue weighted by Gasteiger charge is -2.19. The Bertz CT molecular complexity index is 746. The van der Waals surface area contributed by atoms with Crippen LogP contribution < -0.4 is 14.8 Å². The molecule has 0 saturated heterocycles. The number of hydrogen-bond donors (Lipinski definition) is 1. The Balaban J connectivity index is 2.17. The zero-order chi connectivity index (χ0) is 18.4. The van der Waals surface area contributed by atoms with Gasteiger partial charge in [-0.25, -0.2) is 0 Å². The first-order chi connectivity index (χ1) is 12.0. The van der Waals surface area contributed by atoms with Crippen LogP contribution in [-0.2, 0) is 0 Å². The van der Waals surface area contributed by atoms with Gasteiger partial charge in [-0.05, 0) is 55.7 Å². The second kappa shape index (κ2) is 8.77. The molecular formula is C20H24ClNO3. The fraction of sp³-hybridized carbons (Fsp3) is 0.350. The molecule has 1 N–H and O–H groups in total. The van der Waals surface area contributed by atoms with Crippen LogP contribution in [0.25, 0.3) is 0 Å². The molecule has 0 aliphatic rings. The molecule has 0 aromatic heterocycles. The van der Waals surface area contributed by atoms with Crippen LogP contribution in [0.2, 0.25) is 5.02 Å². The minimum absolute atomic E-state index is 0.0811. The average Bonchev–Trinajstić information content (AvgIpc) is 2.61. The summed E-state index contributed by atoms with van der Waals surface area (Å²) in [4.78, 5) is 12.6. The van der Waals surface area contributed by atoms with E-state index in [-0.39, 0.29) is 11.9 Å². The monoisotopic (exact) mass is 361 g/mol. The number of aryl methyl sites for hydroxylation is 1. The quantitative estimate of drug-likeness (QED) is 0.760. The molecule has 0 fully saturated rings. The number of ether oxygens (including phenoxy) is 2. The molecule has 5 heteroatoms. The van der Waals surface area contributed by atoms with Gasteiger partial charge in [0.2, 0.25) is 0 Å². The molecule has 134 valence electrons. The number of carbonyl (C=O) groups excluding carboxylic acids is 1. The third kappa shape index (κ3) is 4.67. The van der Waals surface area contributed by atoms with E-state index in [0.29, 0.717) is 22.9 Å². The Hall–Kier alpha value is -2.20. The van der Waals surface area contributed by atoms with E-state index in [2.05, 4.69) is 5.32 Å². The minimum Gasteiger partial charge on any atom is -0.496 e. The summed E-state index contributed by atoms with van der Waals surface area (Å²) in [7, 11) is 1.65. The number of halogens is 1. The highest BCUT2D eigenvalue weighted by molar-refractivity contribution is 6.32. The number of benzene rings is 2. The molecule has 4 nitrogen and oxygen atoms in total. The van der Waals surface area contributed by atoms with E-state index in [1.54, 1.807) is 25.3 Å². The van der Waals surface area contributed by atoms with Crippen LogP contribution in [0.1, 0.15) is 47.8 Å². The van der Waals surface area contributed by atoms with Crippen LogP contribution in [0.5, 0.6) is 11.5 Å². The molecule has 0 saturated carbocycles. The molecule has 0 spiro atoms. The van der Waals surface area contributed by atoms with Gasteiger partial charge in [0, 0.05) is 5.56 Å². The van der Waals surface area contributed by atoms with Crippen molar-refractivity contribution in [3.8, 4) is 11.5 Å². The number of rotatable bonds is 7. The van der Waals surface area contributed by atoms with Gasteiger partial charge in [-0.1, -0.05) is 30.7 Å². The van der Waals surface area contributed by atoms with Crippen molar-refractivity contribution in [3.63, 3.8) is 0 Å². The lowest BCUT2D eigenvalue weighted by Crippen LogP contribution is -2.28. The Labute approximate surface area is 154 Å². The first kappa shape index (κ1) is 19.1. The molecule has 2 aromatic carbocycles. The predicted octanol–water partition coefficient (Wildman–Crippen LogP) is 4.94. The lowest BCUT2D eigenvalue weighted by molar-refractivity contribution is 0.0935. The standard InChI is InChI=1S/C20H24ClNO3/c1-5-17(14-7-9-18(24-4)13(3)11-14)22-20(23)15-8-10-19(25-6-2)16(21)12-15/h7-12,17H,5-6H2,1-4H3,(H,22,23)/t17-/m1/s1. The van der Waals surface area contributed by atoms with Gasteiger partial charge in [-0.15, -0.1) is 0 Å². The zero-order valence-corrected chi connectivity index (χ0v) is 15.8. The van der Waals surface area contributed by atoms with Crippen LogP contribution >= 0.6 is 11.6 Å². The maximum atomic E-state index is 12.6. The maximum absolute atomic E-state index is 12.6. The summed E-state index contributed by atoms with van der Waals surface area (Å²) in [5.74, 6) is 1.26. The maximum Gasteiger partial charge on any atom is 0.251 e. The first-order valence-electron chi connectivity index (χ1n) is 8.37. The molecule has 0 heterocycles. The largest absolute Gasteiger partial charge is 0.496 e. The molecule has 0 bridgehead atoms. The van der Waals surface area contributed by atoms with Gasteiger partial charge in [0.25, 0.3) is 5.91 Å². The number of hydrogen-bond acceptors (Lipinski definition) is 3. The van der Waals surface area contributed by atoms with E-state index in [4.69, 9.17) is 21.1 Å². The highest BCUT2D eigenvalue weighted by atomic mass is 35.5. The molecule has 0 unspecified atom stereocenters. The van der Waals surface area contributed by atoms with Gasteiger partial charge >= 0.3 is 0 Å². The summed E-state index contributed by atoms with van der Waals surface area (Å²) in [6, 6.07) is 10.9. The predicted molar refractivity (Wildman–Crippen MR) is 101 cm³/mol. The SMILES string of the molecule is CCOc1ccc(C(=O)N[C@H](CC)c2ccc(OC)c(C)c2)cc1Cl. The van der Waals surface area contributed by atoms with Crippen LogP contribution in [0, 0.1) is 6.92 Å². The van der Waals surface area contributed by atoms with Gasteiger partial charge in [0.05, 0.1) is 24.8 Å². The fourth-order valence-corrected chi connectivity index (χ4v) is 2.93. The topological polar surface area (TPSA) is 47.6 Å². The van der Waals surface area contributed by atoms with Crippen molar-refractivity contribution in [2.24, 2.45) is 0 Å². The summed E-state index contributed by atoms with van der Waals surface area (Å²) in [5.41, 5.74) is 2.60. The van der Waals surface area contributed by atoms with E-state index >= 15 is 0 Å². The second-order valence-corrected chi connectivity index (χ2v) is 6.15. The lowest BCUT2D eigenvalue weighted by atomic mass is 10.0. The first-order valence-corrected chi connectivity index (χ1v) is 8.75. The number of amides is 1. The van der Waals surface area contributed by atoms with E-state index in [0.717, 1.165) is 23.3 Å². The van der Waals surface area contributed by atoms with E-state index in [1.165, 1.54) is 0 Å². The van der Waals surface area contributed by atoms with Gasteiger partial charge in [-0.2, -0.15) is 0 Å². The summed E-state index contributed by atoms with van der Waals surface area (Å²) < 4.78 is 10.7. The van der Waals surface area contributed by atoms with Crippen molar-refractivity contribution < 1.29 is 14.3 Å². The van der Waals surface area contributed by atoms with Crippen molar-refractivity contribution in [3.05, 3.63) is 58.1 Å². The third-order valence-corrected chi connectivity index (χ3v) is 4.32. The summed E-state index contributed by atoms with van der Waals surface area (Å²) in [6.45, 7) is 6.44. The summed E-state index contributed by atoms with van der Waals surface area (Å²) >= 11 is 6.17. The van der Waals surface area contributed by atoms with Crippen molar-refractivity contribution >= 4 is 17.5 Å². The van der Waals surface area contributed by atoms with Gasteiger partial charge in [0.1, 0.15) is 11.5 Å². The smallest absolute Gasteiger partial charge is 0.251 e. The Morgan fingerprint density at radius 3 is 2.44 bits per heavy atom. The molecule has 25 heavy (non-hydrogen) atoms. The van der Waals surface area contributed by atoms with Gasteiger partial charge < -0.3 is 14.8 Å². The number of carbonyl (C=O) groups is 1. The zero-order valence-electron chi connectivity index (χ0n) is 15.1. The molecule has 1 amide bonds. The second-order valence-electron chi connectivity index (χ2n) is 5.74. The minimum atomic E-state index is -0.162. The molecule has 1 atom stereocenters. The molecule has 0 radical (unpaired) electrons. The molecule has 0 aliphatic carbocycles. The molecule has 0 aliphatic heterocycles. The molecule has 2 aromatic rings. The van der Waals surface area contributed by atoms with Gasteiger partial charge in [-0.3, -0.25) is 4.79 Å². The molecule has 2 rings (SSSR count). The summed E-state index contributed by atoms with van der Waals surface area (Å²) in [5, 5.41) is 3.50. The van der Waals surface area contributed by atoms with Crippen molar-refractivity contribution in [1.82, 2.24) is 5.32 Å². The highest BCUT2D eigenvalue weighted by Gasteiger charge is 2.16. The Morgan fingerprint density at radius 1 is 1.16 bits per heavy atom. The normalized spacial score (nSPS) is 11.7. The van der Waals surface area contributed by atoms with Crippen LogP contribution in [0.4, 0.5) is 0 Å². The average molecular weight is 362 g/mol. The van der Waals surface area contributed by atoms with E-state index in [9.17, 15) is 4.79 Å². The Morgan fingerprint density at radius 2 is 1.88 bits per heavy atom.